The smallest absolute Gasteiger partial charge is 0.303 e. The third-order valence-electron chi connectivity index (χ3n) is 3.02. The fraction of sp³-hybridized carbons (Fsp3) is 0.500. The summed E-state index contributed by atoms with van der Waals surface area (Å²) in [7, 11) is 0. The molecule has 18 heavy (non-hydrogen) atoms. The van der Waals surface area contributed by atoms with Crippen molar-refractivity contribution in [2.45, 2.75) is 38.3 Å². The van der Waals surface area contributed by atoms with Crippen molar-refractivity contribution >= 4 is 5.97 Å². The van der Waals surface area contributed by atoms with Gasteiger partial charge < -0.3 is 16.2 Å². The molecule has 1 heterocycles. The summed E-state index contributed by atoms with van der Waals surface area (Å²) in [4.78, 5) is 9.37. The topological polar surface area (TPSA) is 75.3 Å². The Morgan fingerprint density at radius 1 is 1.50 bits per heavy atom. The zero-order valence-corrected chi connectivity index (χ0v) is 10.8. The summed E-state index contributed by atoms with van der Waals surface area (Å²) in [6.45, 7) is 2.72. The predicted molar refractivity (Wildman–Crippen MR) is 72.3 cm³/mol. The lowest BCUT2D eigenvalue weighted by Gasteiger charge is -2.19. The number of carbonyl (C=O) groups is 1. The van der Waals surface area contributed by atoms with Crippen molar-refractivity contribution in [3.63, 3.8) is 0 Å². The first-order chi connectivity index (χ1) is 8.65. The largest absolute Gasteiger partial charge is 0.481 e. The van der Waals surface area contributed by atoms with Crippen molar-refractivity contribution in [1.29, 1.82) is 0 Å². The molecule has 4 heteroatoms. The van der Waals surface area contributed by atoms with Crippen molar-refractivity contribution < 1.29 is 9.90 Å². The van der Waals surface area contributed by atoms with Crippen molar-refractivity contribution in [2.24, 2.45) is 5.73 Å². The third-order valence-corrected chi connectivity index (χ3v) is 3.02. The van der Waals surface area contributed by atoms with Gasteiger partial charge in [0.05, 0.1) is 0 Å². The minimum Gasteiger partial charge on any atom is -0.481 e. The fourth-order valence-electron chi connectivity index (χ4n) is 1.93. The lowest BCUT2D eigenvalue weighted by Crippen LogP contribution is -2.34. The summed E-state index contributed by atoms with van der Waals surface area (Å²) < 4.78 is 0. The minimum absolute atomic E-state index is 0.156. The molecule has 1 aliphatic rings. The standard InChI is InChI=1S/C11H16N2.C3H6O2/c12-11(10-7-4-8-13-10)9-5-2-1-3-6-9;1-2-3(4)5/h1-3,5-6,10-11,13H,4,7-8,12H2;2H2,1H3,(H,4,5)/t10-,11-;/m0./s1. The van der Waals surface area contributed by atoms with E-state index in [1.54, 1.807) is 6.92 Å². The van der Waals surface area contributed by atoms with Gasteiger partial charge in [0.25, 0.3) is 0 Å². The van der Waals surface area contributed by atoms with Crippen LogP contribution in [-0.4, -0.2) is 23.7 Å². The van der Waals surface area contributed by atoms with E-state index in [0.29, 0.717) is 6.04 Å². The SMILES string of the molecule is CCC(=O)O.N[C@@H](c1ccccc1)[C@@H]1CCCN1. The van der Waals surface area contributed by atoms with Crippen LogP contribution in [0, 0.1) is 0 Å². The lowest BCUT2D eigenvalue weighted by molar-refractivity contribution is -0.136. The normalized spacial score (nSPS) is 19.8. The van der Waals surface area contributed by atoms with Crippen LogP contribution in [0.5, 0.6) is 0 Å². The third kappa shape index (κ3) is 4.85. The van der Waals surface area contributed by atoms with E-state index < -0.39 is 5.97 Å². The van der Waals surface area contributed by atoms with E-state index in [2.05, 4.69) is 17.4 Å². The van der Waals surface area contributed by atoms with E-state index in [4.69, 9.17) is 10.8 Å². The quantitative estimate of drug-likeness (QED) is 0.766. The van der Waals surface area contributed by atoms with E-state index in [0.717, 1.165) is 6.54 Å². The fourth-order valence-corrected chi connectivity index (χ4v) is 1.93. The molecule has 2 rings (SSSR count). The summed E-state index contributed by atoms with van der Waals surface area (Å²) in [6.07, 6.45) is 2.68. The molecule has 0 bridgehead atoms. The molecule has 1 fully saturated rings. The van der Waals surface area contributed by atoms with Crippen LogP contribution in [-0.2, 0) is 4.79 Å². The Bertz CT molecular complexity index is 348. The monoisotopic (exact) mass is 250 g/mol. The van der Waals surface area contributed by atoms with Gasteiger partial charge in [-0.25, -0.2) is 0 Å². The van der Waals surface area contributed by atoms with Crippen LogP contribution in [0.4, 0.5) is 0 Å². The summed E-state index contributed by atoms with van der Waals surface area (Å²) in [6, 6.07) is 11.0. The van der Waals surface area contributed by atoms with Crippen molar-refractivity contribution in [3.8, 4) is 0 Å². The zero-order chi connectivity index (χ0) is 13.4. The van der Waals surface area contributed by atoms with Gasteiger partial charge in [-0.1, -0.05) is 37.3 Å². The van der Waals surface area contributed by atoms with Crippen LogP contribution in [0.15, 0.2) is 30.3 Å². The highest BCUT2D eigenvalue weighted by molar-refractivity contribution is 5.66. The van der Waals surface area contributed by atoms with Gasteiger partial charge in [-0.15, -0.1) is 0 Å². The average Bonchev–Trinajstić information content (AvgIpc) is 2.93. The van der Waals surface area contributed by atoms with Gasteiger partial charge in [0, 0.05) is 18.5 Å². The number of aliphatic carboxylic acids is 1. The Morgan fingerprint density at radius 3 is 2.56 bits per heavy atom. The Labute approximate surface area is 108 Å². The van der Waals surface area contributed by atoms with Crippen molar-refractivity contribution in [3.05, 3.63) is 35.9 Å². The molecule has 0 radical (unpaired) electrons. The number of nitrogens with one attached hydrogen (secondary N) is 1. The molecule has 1 aromatic rings. The number of carboxylic acids is 1. The van der Waals surface area contributed by atoms with Gasteiger partial charge in [-0.2, -0.15) is 0 Å². The second-order valence-corrected chi connectivity index (χ2v) is 4.39. The highest BCUT2D eigenvalue weighted by atomic mass is 16.4. The van der Waals surface area contributed by atoms with Crippen LogP contribution >= 0.6 is 0 Å². The highest BCUT2D eigenvalue weighted by Gasteiger charge is 2.21. The van der Waals surface area contributed by atoms with Crippen LogP contribution in [0.1, 0.15) is 37.8 Å². The van der Waals surface area contributed by atoms with E-state index in [9.17, 15) is 4.79 Å². The maximum absolute atomic E-state index is 9.37. The first-order valence-electron chi connectivity index (χ1n) is 6.40. The molecule has 100 valence electrons. The van der Waals surface area contributed by atoms with Gasteiger partial charge in [-0.3, -0.25) is 4.79 Å². The lowest BCUT2D eigenvalue weighted by atomic mass is 9.99. The van der Waals surface area contributed by atoms with Crippen LogP contribution in [0.3, 0.4) is 0 Å². The first kappa shape index (κ1) is 14.7. The number of nitrogens with two attached hydrogens (primary N) is 1. The number of hydrogen-bond donors (Lipinski definition) is 3. The molecular weight excluding hydrogens is 228 g/mol. The van der Waals surface area contributed by atoms with Gasteiger partial charge >= 0.3 is 5.97 Å². The molecule has 0 amide bonds. The highest BCUT2D eigenvalue weighted by Crippen LogP contribution is 2.20. The second kappa shape index (κ2) is 7.84. The van der Waals surface area contributed by atoms with Crippen LogP contribution in [0.2, 0.25) is 0 Å². The molecule has 4 N–H and O–H groups in total. The number of carboxylic acid groups (broad SMARTS) is 1. The molecule has 0 unspecified atom stereocenters. The van der Waals surface area contributed by atoms with Crippen molar-refractivity contribution in [1.82, 2.24) is 5.32 Å². The average molecular weight is 250 g/mol. The van der Waals surface area contributed by atoms with Gasteiger partial charge in [0.1, 0.15) is 0 Å². The molecule has 2 atom stereocenters. The molecule has 0 aromatic heterocycles. The van der Waals surface area contributed by atoms with Crippen LogP contribution in [0.25, 0.3) is 0 Å². The number of hydrogen-bond acceptors (Lipinski definition) is 3. The minimum atomic E-state index is -0.745. The van der Waals surface area contributed by atoms with Gasteiger partial charge in [0.2, 0.25) is 0 Å². The molecule has 0 spiro atoms. The first-order valence-corrected chi connectivity index (χ1v) is 6.40. The Hall–Kier alpha value is -1.39. The number of rotatable bonds is 3. The molecule has 1 aliphatic heterocycles. The van der Waals surface area contributed by atoms with Crippen LogP contribution < -0.4 is 11.1 Å². The van der Waals surface area contributed by atoms with E-state index in [-0.39, 0.29) is 12.5 Å². The Kier molecular flexibility index (Phi) is 6.39. The molecule has 1 aromatic carbocycles. The maximum Gasteiger partial charge on any atom is 0.303 e. The second-order valence-electron chi connectivity index (χ2n) is 4.39. The van der Waals surface area contributed by atoms with E-state index in [1.165, 1.54) is 18.4 Å². The van der Waals surface area contributed by atoms with E-state index in [1.807, 2.05) is 18.2 Å². The Morgan fingerprint density at radius 2 is 2.11 bits per heavy atom. The molecule has 0 saturated carbocycles. The van der Waals surface area contributed by atoms with E-state index >= 15 is 0 Å². The van der Waals surface area contributed by atoms with Gasteiger partial charge in [0.15, 0.2) is 0 Å². The maximum atomic E-state index is 9.37. The molecule has 1 saturated heterocycles. The molecule has 0 aliphatic carbocycles. The summed E-state index contributed by atoms with van der Waals surface area (Å²) >= 11 is 0. The summed E-state index contributed by atoms with van der Waals surface area (Å²) in [5, 5.41) is 11.2. The van der Waals surface area contributed by atoms with Gasteiger partial charge in [-0.05, 0) is 24.9 Å². The summed E-state index contributed by atoms with van der Waals surface area (Å²) in [5.74, 6) is -0.745. The predicted octanol–water partition coefficient (Wildman–Crippen LogP) is 1.92. The molecular formula is C14H22N2O2. The zero-order valence-electron chi connectivity index (χ0n) is 10.8. The Balaban J connectivity index is 0.000000280. The summed E-state index contributed by atoms with van der Waals surface area (Å²) in [5.41, 5.74) is 7.38. The van der Waals surface area contributed by atoms with Crippen molar-refractivity contribution in [2.75, 3.05) is 6.54 Å². The molecule has 4 nitrogen and oxygen atoms in total. The number of benzene rings is 1.